The van der Waals surface area contributed by atoms with Crippen molar-refractivity contribution in [3.63, 3.8) is 0 Å². The van der Waals surface area contributed by atoms with Gasteiger partial charge in [0.15, 0.2) is 0 Å². The molecular formula is C17H18BrCl2NO. The predicted molar refractivity (Wildman–Crippen MR) is 93.9 cm³/mol. The molecule has 4 bridgehead atoms. The maximum atomic E-state index is 13.0. The number of benzene rings is 1. The van der Waals surface area contributed by atoms with E-state index < -0.39 is 0 Å². The minimum absolute atomic E-state index is 0.120. The second-order valence-electron chi connectivity index (χ2n) is 7.47. The third kappa shape index (κ3) is 2.50. The van der Waals surface area contributed by atoms with Crippen LogP contribution in [0.15, 0.2) is 18.2 Å². The second-order valence-corrected chi connectivity index (χ2v) is 10.00. The standard InChI is InChI=1S/C17H18BrCl2NO/c18-17-7-10-3-11(8-17)6-16(5-10,9-17)15(22)21-14-4-12(19)1-2-13(14)20/h1-2,4,10-11H,3,5-9H2,(H,21,22)/t10-,11+,16?,17?. The summed E-state index contributed by atoms with van der Waals surface area (Å²) in [5.41, 5.74) is 0.387. The number of carbonyl (C=O) groups is 1. The van der Waals surface area contributed by atoms with Crippen molar-refractivity contribution >= 4 is 50.7 Å². The summed E-state index contributed by atoms with van der Waals surface area (Å²) in [6, 6.07) is 5.19. The summed E-state index contributed by atoms with van der Waals surface area (Å²) < 4.78 is 0.173. The van der Waals surface area contributed by atoms with Crippen LogP contribution in [-0.4, -0.2) is 10.2 Å². The van der Waals surface area contributed by atoms with Crippen LogP contribution in [0.3, 0.4) is 0 Å². The topological polar surface area (TPSA) is 29.1 Å². The molecule has 0 radical (unpaired) electrons. The number of hydrogen-bond acceptors (Lipinski definition) is 1. The van der Waals surface area contributed by atoms with Gasteiger partial charge in [0.05, 0.1) is 16.1 Å². The van der Waals surface area contributed by atoms with Gasteiger partial charge in [-0.3, -0.25) is 4.79 Å². The zero-order valence-corrected chi connectivity index (χ0v) is 15.3. The SMILES string of the molecule is O=C(Nc1cc(Cl)ccc1Cl)C12C[C@@H]3C[C@@H](CC(Br)(C3)C1)C2. The number of nitrogens with one attached hydrogen (secondary N) is 1. The Labute approximate surface area is 149 Å². The van der Waals surface area contributed by atoms with Crippen LogP contribution in [0.4, 0.5) is 5.69 Å². The highest BCUT2D eigenvalue weighted by molar-refractivity contribution is 9.10. The molecule has 0 saturated heterocycles. The summed E-state index contributed by atoms with van der Waals surface area (Å²) in [6.07, 6.45) is 6.70. The summed E-state index contributed by atoms with van der Waals surface area (Å²) >= 11 is 16.2. The van der Waals surface area contributed by atoms with E-state index in [1.54, 1.807) is 18.2 Å². The van der Waals surface area contributed by atoms with Crippen molar-refractivity contribution in [1.82, 2.24) is 0 Å². The fraction of sp³-hybridized carbons (Fsp3) is 0.588. The molecule has 4 saturated carbocycles. The molecule has 22 heavy (non-hydrogen) atoms. The van der Waals surface area contributed by atoms with Crippen LogP contribution in [0.2, 0.25) is 10.0 Å². The first-order valence-electron chi connectivity index (χ1n) is 7.83. The summed E-state index contributed by atoms with van der Waals surface area (Å²) in [5.74, 6) is 1.48. The van der Waals surface area contributed by atoms with Crippen LogP contribution in [0, 0.1) is 17.3 Å². The van der Waals surface area contributed by atoms with Crippen molar-refractivity contribution in [2.75, 3.05) is 5.32 Å². The Bertz CT molecular complexity index is 634. The molecule has 5 heteroatoms. The van der Waals surface area contributed by atoms with Crippen molar-refractivity contribution in [2.45, 2.75) is 42.8 Å². The smallest absolute Gasteiger partial charge is 0.230 e. The zero-order valence-electron chi connectivity index (χ0n) is 12.2. The van der Waals surface area contributed by atoms with Crippen LogP contribution in [-0.2, 0) is 4.79 Å². The van der Waals surface area contributed by atoms with Crippen molar-refractivity contribution in [3.8, 4) is 0 Å². The molecule has 4 aliphatic carbocycles. The second kappa shape index (κ2) is 5.12. The molecule has 5 rings (SSSR count). The molecule has 4 fully saturated rings. The van der Waals surface area contributed by atoms with Crippen LogP contribution in [0.25, 0.3) is 0 Å². The molecule has 0 aromatic heterocycles. The molecule has 2 nitrogen and oxygen atoms in total. The van der Waals surface area contributed by atoms with Crippen molar-refractivity contribution in [1.29, 1.82) is 0 Å². The Morgan fingerprint density at radius 3 is 2.50 bits per heavy atom. The fourth-order valence-corrected chi connectivity index (χ4v) is 7.05. The van der Waals surface area contributed by atoms with E-state index in [4.69, 9.17) is 23.2 Å². The number of anilines is 1. The fourth-order valence-electron chi connectivity index (χ4n) is 5.26. The molecule has 118 valence electrons. The van der Waals surface area contributed by atoms with Crippen LogP contribution in [0.5, 0.6) is 0 Å². The first-order chi connectivity index (χ1) is 10.4. The summed E-state index contributed by atoms with van der Waals surface area (Å²) in [5, 5.41) is 4.17. The van der Waals surface area contributed by atoms with Crippen LogP contribution >= 0.6 is 39.1 Å². The summed E-state index contributed by atoms with van der Waals surface area (Å²) in [6.45, 7) is 0. The van der Waals surface area contributed by atoms with Gasteiger partial charge in [-0.1, -0.05) is 39.1 Å². The van der Waals surface area contributed by atoms with E-state index in [-0.39, 0.29) is 15.6 Å². The van der Waals surface area contributed by atoms with Crippen LogP contribution < -0.4 is 5.32 Å². The molecule has 1 amide bonds. The Balaban J connectivity index is 1.61. The first kappa shape index (κ1) is 15.3. The Morgan fingerprint density at radius 1 is 1.18 bits per heavy atom. The Morgan fingerprint density at radius 2 is 1.86 bits per heavy atom. The van der Waals surface area contributed by atoms with E-state index in [0.717, 1.165) is 19.3 Å². The van der Waals surface area contributed by atoms with Gasteiger partial charge in [0.1, 0.15) is 0 Å². The van der Waals surface area contributed by atoms with E-state index in [9.17, 15) is 4.79 Å². The van der Waals surface area contributed by atoms with Gasteiger partial charge in [0, 0.05) is 9.35 Å². The monoisotopic (exact) mass is 401 g/mol. The quantitative estimate of drug-likeness (QED) is 0.634. The number of amides is 1. The molecule has 0 heterocycles. The highest BCUT2D eigenvalue weighted by Gasteiger charge is 2.59. The van der Waals surface area contributed by atoms with Gasteiger partial charge >= 0.3 is 0 Å². The van der Waals surface area contributed by atoms with Gasteiger partial charge in [-0.15, -0.1) is 0 Å². The number of halogens is 3. The Hall–Kier alpha value is -0.250. The number of hydrogen-bond donors (Lipinski definition) is 1. The van der Waals surface area contributed by atoms with Crippen LogP contribution in [0.1, 0.15) is 38.5 Å². The zero-order chi connectivity index (χ0) is 15.5. The highest BCUT2D eigenvalue weighted by atomic mass is 79.9. The van der Waals surface area contributed by atoms with Crippen molar-refractivity contribution < 1.29 is 4.79 Å². The van der Waals surface area contributed by atoms with E-state index in [1.807, 2.05) is 0 Å². The molecule has 4 aliphatic rings. The van der Waals surface area contributed by atoms with E-state index in [2.05, 4.69) is 21.2 Å². The van der Waals surface area contributed by atoms with Crippen molar-refractivity contribution in [3.05, 3.63) is 28.2 Å². The minimum atomic E-state index is -0.237. The van der Waals surface area contributed by atoms with E-state index >= 15 is 0 Å². The molecule has 1 aromatic carbocycles. The lowest BCUT2D eigenvalue weighted by molar-refractivity contribution is -0.138. The molecule has 4 atom stereocenters. The maximum absolute atomic E-state index is 13.0. The third-order valence-electron chi connectivity index (χ3n) is 5.65. The molecule has 1 aromatic rings. The lowest BCUT2D eigenvalue weighted by atomic mass is 9.49. The van der Waals surface area contributed by atoms with Gasteiger partial charge in [-0.25, -0.2) is 0 Å². The van der Waals surface area contributed by atoms with Gasteiger partial charge < -0.3 is 5.32 Å². The average molecular weight is 403 g/mol. The third-order valence-corrected chi connectivity index (χ3v) is 7.14. The molecule has 0 spiro atoms. The lowest BCUT2D eigenvalue weighted by Gasteiger charge is -2.59. The lowest BCUT2D eigenvalue weighted by Crippen LogP contribution is -2.57. The molecular weight excluding hydrogens is 385 g/mol. The van der Waals surface area contributed by atoms with E-state index in [0.29, 0.717) is 27.6 Å². The van der Waals surface area contributed by atoms with E-state index in [1.165, 1.54) is 19.3 Å². The maximum Gasteiger partial charge on any atom is 0.230 e. The molecule has 2 unspecified atom stereocenters. The highest BCUT2D eigenvalue weighted by Crippen LogP contribution is 2.64. The van der Waals surface area contributed by atoms with Gasteiger partial charge in [-0.05, 0) is 68.6 Å². The summed E-state index contributed by atoms with van der Waals surface area (Å²) in [4.78, 5) is 13.0. The number of alkyl halides is 1. The Kier molecular flexibility index (Phi) is 3.56. The van der Waals surface area contributed by atoms with Gasteiger partial charge in [0.2, 0.25) is 5.91 Å². The number of carbonyl (C=O) groups excluding carboxylic acids is 1. The average Bonchev–Trinajstić information content (AvgIpc) is 2.40. The summed E-state index contributed by atoms with van der Waals surface area (Å²) in [7, 11) is 0. The van der Waals surface area contributed by atoms with Gasteiger partial charge in [-0.2, -0.15) is 0 Å². The van der Waals surface area contributed by atoms with Gasteiger partial charge in [0.25, 0.3) is 0 Å². The normalized spacial score (nSPS) is 39.0. The predicted octanol–water partition coefficient (Wildman–Crippen LogP) is 5.67. The minimum Gasteiger partial charge on any atom is -0.324 e. The number of rotatable bonds is 2. The molecule has 1 N–H and O–H groups in total. The van der Waals surface area contributed by atoms with Crippen molar-refractivity contribution in [2.24, 2.45) is 17.3 Å². The largest absolute Gasteiger partial charge is 0.324 e. The first-order valence-corrected chi connectivity index (χ1v) is 9.38. The molecule has 0 aliphatic heterocycles.